The summed E-state index contributed by atoms with van der Waals surface area (Å²) in [5.41, 5.74) is 4.55. The van der Waals surface area contributed by atoms with Crippen molar-refractivity contribution in [3.63, 3.8) is 0 Å². The SMILES string of the molecule is CC1C/C(=N/NC(=S)NC(C)C)CC(C)(C)C1. The lowest BCUT2D eigenvalue weighted by Gasteiger charge is -2.34. The van der Waals surface area contributed by atoms with E-state index < -0.39 is 0 Å². The van der Waals surface area contributed by atoms with Crippen molar-refractivity contribution in [3.05, 3.63) is 0 Å². The van der Waals surface area contributed by atoms with Crippen molar-refractivity contribution in [1.82, 2.24) is 10.7 Å². The molecule has 1 fully saturated rings. The zero-order valence-electron chi connectivity index (χ0n) is 11.6. The van der Waals surface area contributed by atoms with E-state index in [1.54, 1.807) is 0 Å². The lowest BCUT2D eigenvalue weighted by atomic mass is 9.72. The van der Waals surface area contributed by atoms with Gasteiger partial charge in [-0.25, -0.2) is 0 Å². The summed E-state index contributed by atoms with van der Waals surface area (Å²) in [6.07, 6.45) is 3.43. The first kappa shape index (κ1) is 14.4. The average Bonchev–Trinajstić information content (AvgIpc) is 2.10. The summed E-state index contributed by atoms with van der Waals surface area (Å²) in [5, 5.41) is 8.19. The zero-order valence-corrected chi connectivity index (χ0v) is 12.4. The van der Waals surface area contributed by atoms with Crippen LogP contribution in [0.3, 0.4) is 0 Å². The predicted octanol–water partition coefficient (Wildman–Crippen LogP) is 3.06. The summed E-state index contributed by atoms with van der Waals surface area (Å²) < 4.78 is 0. The highest BCUT2D eigenvalue weighted by atomic mass is 32.1. The molecule has 0 aromatic rings. The molecular formula is C13H25N3S. The topological polar surface area (TPSA) is 36.4 Å². The number of hydrogen-bond acceptors (Lipinski definition) is 2. The van der Waals surface area contributed by atoms with E-state index in [2.05, 4.69) is 50.5 Å². The summed E-state index contributed by atoms with van der Waals surface area (Å²) in [7, 11) is 0. The lowest BCUT2D eigenvalue weighted by Crippen LogP contribution is -2.38. The number of hydrazone groups is 1. The van der Waals surface area contributed by atoms with Crippen LogP contribution in [-0.2, 0) is 0 Å². The molecule has 17 heavy (non-hydrogen) atoms. The fourth-order valence-electron chi connectivity index (χ4n) is 2.62. The zero-order chi connectivity index (χ0) is 13.1. The molecule has 1 unspecified atom stereocenters. The Balaban J connectivity index is 2.51. The smallest absolute Gasteiger partial charge is 0.187 e. The third kappa shape index (κ3) is 5.48. The standard InChI is InChI=1S/C13H25N3S/c1-9(2)14-12(17)16-15-11-6-10(3)7-13(4,5)8-11/h9-10H,6-8H2,1-5H3,(H2,14,16,17)/b15-11-. The van der Waals surface area contributed by atoms with Gasteiger partial charge in [-0.2, -0.15) is 5.10 Å². The van der Waals surface area contributed by atoms with Crippen LogP contribution < -0.4 is 10.7 Å². The molecule has 0 radical (unpaired) electrons. The average molecular weight is 255 g/mol. The predicted molar refractivity (Wildman–Crippen MR) is 78.2 cm³/mol. The van der Waals surface area contributed by atoms with Crippen LogP contribution in [0.25, 0.3) is 0 Å². The van der Waals surface area contributed by atoms with Crippen LogP contribution in [0.4, 0.5) is 0 Å². The molecule has 1 atom stereocenters. The highest BCUT2D eigenvalue weighted by Gasteiger charge is 2.29. The Morgan fingerprint density at radius 2 is 2.12 bits per heavy atom. The fraction of sp³-hybridized carbons (Fsp3) is 0.846. The van der Waals surface area contributed by atoms with Gasteiger partial charge in [0.2, 0.25) is 0 Å². The molecule has 0 bridgehead atoms. The monoisotopic (exact) mass is 255 g/mol. The maximum atomic E-state index is 5.16. The third-order valence-electron chi connectivity index (χ3n) is 2.90. The number of hydrogen-bond donors (Lipinski definition) is 2. The molecule has 2 N–H and O–H groups in total. The Morgan fingerprint density at radius 1 is 1.47 bits per heavy atom. The highest BCUT2D eigenvalue weighted by molar-refractivity contribution is 7.80. The summed E-state index contributed by atoms with van der Waals surface area (Å²) in [5.74, 6) is 0.714. The van der Waals surface area contributed by atoms with E-state index in [4.69, 9.17) is 12.2 Å². The number of nitrogens with zero attached hydrogens (tertiary/aromatic N) is 1. The first-order valence-corrected chi connectivity index (χ1v) is 6.81. The van der Waals surface area contributed by atoms with Gasteiger partial charge in [-0.05, 0) is 56.7 Å². The molecule has 1 saturated carbocycles. The van der Waals surface area contributed by atoms with Gasteiger partial charge in [0.25, 0.3) is 0 Å². The van der Waals surface area contributed by atoms with E-state index in [9.17, 15) is 0 Å². The van der Waals surface area contributed by atoms with Gasteiger partial charge >= 0.3 is 0 Å². The molecule has 1 rings (SSSR count). The fourth-order valence-corrected chi connectivity index (χ4v) is 2.91. The minimum atomic E-state index is 0.344. The van der Waals surface area contributed by atoms with Crippen molar-refractivity contribution in [2.45, 2.75) is 59.9 Å². The molecule has 1 aliphatic rings. The van der Waals surface area contributed by atoms with Crippen LogP contribution in [-0.4, -0.2) is 16.9 Å². The highest BCUT2D eigenvalue weighted by Crippen LogP contribution is 2.36. The second kappa shape index (κ2) is 5.80. The Hall–Kier alpha value is -0.640. The van der Waals surface area contributed by atoms with E-state index in [0.717, 1.165) is 12.8 Å². The Kier molecular flexibility index (Phi) is 4.92. The van der Waals surface area contributed by atoms with E-state index in [-0.39, 0.29) is 0 Å². The summed E-state index contributed by atoms with van der Waals surface area (Å²) >= 11 is 5.16. The first-order chi connectivity index (χ1) is 7.78. The maximum Gasteiger partial charge on any atom is 0.187 e. The Morgan fingerprint density at radius 3 is 2.65 bits per heavy atom. The van der Waals surface area contributed by atoms with Gasteiger partial charge in [-0.1, -0.05) is 20.8 Å². The van der Waals surface area contributed by atoms with Crippen molar-refractivity contribution in [1.29, 1.82) is 0 Å². The van der Waals surface area contributed by atoms with Crippen LogP contribution in [0.1, 0.15) is 53.9 Å². The van der Waals surface area contributed by atoms with E-state index in [1.807, 2.05) is 0 Å². The van der Waals surface area contributed by atoms with Crippen molar-refractivity contribution in [3.8, 4) is 0 Å². The second-order valence-electron chi connectivity index (χ2n) is 6.27. The third-order valence-corrected chi connectivity index (χ3v) is 3.11. The van der Waals surface area contributed by atoms with Crippen molar-refractivity contribution < 1.29 is 0 Å². The van der Waals surface area contributed by atoms with E-state index in [1.165, 1.54) is 12.1 Å². The second-order valence-corrected chi connectivity index (χ2v) is 6.68. The summed E-state index contributed by atoms with van der Waals surface area (Å²) in [6.45, 7) is 11.0. The van der Waals surface area contributed by atoms with Gasteiger partial charge in [0.05, 0.1) is 0 Å². The summed E-state index contributed by atoms with van der Waals surface area (Å²) in [4.78, 5) is 0. The molecule has 0 saturated heterocycles. The van der Waals surface area contributed by atoms with Crippen LogP contribution in [0.5, 0.6) is 0 Å². The molecule has 0 aliphatic heterocycles. The number of rotatable bonds is 2. The molecule has 0 spiro atoms. The van der Waals surface area contributed by atoms with Crippen LogP contribution in [0.2, 0.25) is 0 Å². The molecule has 0 aromatic carbocycles. The van der Waals surface area contributed by atoms with Crippen molar-refractivity contribution in [2.24, 2.45) is 16.4 Å². The van der Waals surface area contributed by atoms with Crippen molar-refractivity contribution >= 4 is 23.0 Å². The largest absolute Gasteiger partial charge is 0.359 e. The van der Waals surface area contributed by atoms with Gasteiger partial charge in [0, 0.05) is 11.8 Å². The molecule has 0 aromatic heterocycles. The molecule has 98 valence electrons. The normalized spacial score (nSPS) is 26.0. The van der Waals surface area contributed by atoms with Crippen LogP contribution in [0, 0.1) is 11.3 Å². The molecular weight excluding hydrogens is 230 g/mol. The molecule has 3 nitrogen and oxygen atoms in total. The first-order valence-electron chi connectivity index (χ1n) is 6.40. The quantitative estimate of drug-likeness (QED) is 0.588. The maximum absolute atomic E-state index is 5.16. The van der Waals surface area contributed by atoms with E-state index >= 15 is 0 Å². The summed E-state index contributed by atoms with van der Waals surface area (Å²) in [6, 6.07) is 0.344. The van der Waals surface area contributed by atoms with Crippen LogP contribution >= 0.6 is 12.2 Å². The van der Waals surface area contributed by atoms with Gasteiger partial charge in [-0.3, -0.25) is 5.43 Å². The molecule has 0 amide bonds. The Labute approximate surface area is 110 Å². The molecule has 1 aliphatic carbocycles. The van der Waals surface area contributed by atoms with Gasteiger partial charge < -0.3 is 5.32 Å². The molecule has 0 heterocycles. The van der Waals surface area contributed by atoms with Crippen molar-refractivity contribution in [2.75, 3.05) is 0 Å². The van der Waals surface area contributed by atoms with Crippen LogP contribution in [0.15, 0.2) is 5.10 Å². The van der Waals surface area contributed by atoms with Gasteiger partial charge in [0.1, 0.15) is 0 Å². The van der Waals surface area contributed by atoms with Gasteiger partial charge in [-0.15, -0.1) is 0 Å². The number of thiocarbonyl (C=S) groups is 1. The Bertz CT molecular complexity index is 308. The van der Waals surface area contributed by atoms with E-state index in [0.29, 0.717) is 22.5 Å². The molecule has 4 heteroatoms. The van der Waals surface area contributed by atoms with Gasteiger partial charge in [0.15, 0.2) is 5.11 Å². The lowest BCUT2D eigenvalue weighted by molar-refractivity contribution is 0.265. The minimum Gasteiger partial charge on any atom is -0.359 e. The number of nitrogens with one attached hydrogen (secondary N) is 2. The minimum absolute atomic E-state index is 0.344.